The van der Waals surface area contributed by atoms with Crippen LogP contribution in [-0.4, -0.2) is 41.0 Å². The molecule has 160 valence electrons. The van der Waals surface area contributed by atoms with Gasteiger partial charge in [-0.1, -0.05) is 29.8 Å². The maximum atomic E-state index is 12.4. The summed E-state index contributed by atoms with van der Waals surface area (Å²) < 4.78 is 18.0. The standard InChI is InChI=1S/C23H23N3O5/c1-14-8-10-17(11-9-14)26-16(3)22(15(2)25-26)24-21(27)13-30-23(28)20-12-29-18-6-4-5-7-19(18)31-20/h4-11,20H,12-13H2,1-3H3,(H,24,27)/t20-/m0/s1. The van der Waals surface area contributed by atoms with Crippen molar-refractivity contribution in [3.63, 3.8) is 0 Å². The van der Waals surface area contributed by atoms with E-state index in [2.05, 4.69) is 10.4 Å². The van der Waals surface area contributed by atoms with Crippen molar-refractivity contribution in [3.05, 3.63) is 65.5 Å². The minimum absolute atomic E-state index is 0.0268. The summed E-state index contributed by atoms with van der Waals surface area (Å²) in [6.07, 6.45) is -0.921. The topological polar surface area (TPSA) is 91.7 Å². The Kier molecular flexibility index (Phi) is 5.62. The quantitative estimate of drug-likeness (QED) is 0.637. The van der Waals surface area contributed by atoms with E-state index in [-0.39, 0.29) is 6.61 Å². The molecule has 0 saturated carbocycles. The number of carbonyl (C=O) groups excluding carboxylic acids is 2. The zero-order valence-corrected chi connectivity index (χ0v) is 17.5. The number of nitrogens with zero attached hydrogens (tertiary/aromatic N) is 2. The lowest BCUT2D eigenvalue weighted by Gasteiger charge is -2.24. The van der Waals surface area contributed by atoms with Crippen LogP contribution in [0.3, 0.4) is 0 Å². The van der Waals surface area contributed by atoms with Gasteiger partial charge >= 0.3 is 5.97 Å². The molecule has 1 aliphatic heterocycles. The predicted molar refractivity (Wildman–Crippen MR) is 114 cm³/mol. The second kappa shape index (κ2) is 8.51. The summed E-state index contributed by atoms with van der Waals surface area (Å²) in [7, 11) is 0. The molecule has 1 atom stereocenters. The molecule has 1 aliphatic rings. The Bertz CT molecular complexity index is 1120. The van der Waals surface area contributed by atoms with Crippen molar-refractivity contribution in [2.45, 2.75) is 26.9 Å². The molecular formula is C23H23N3O5. The minimum atomic E-state index is -0.921. The van der Waals surface area contributed by atoms with Gasteiger partial charge in [0.2, 0.25) is 6.10 Å². The minimum Gasteiger partial charge on any atom is -0.485 e. The number of benzene rings is 2. The molecule has 2 aromatic carbocycles. The maximum absolute atomic E-state index is 12.4. The van der Waals surface area contributed by atoms with Crippen molar-refractivity contribution in [2.24, 2.45) is 0 Å². The molecule has 3 aromatic rings. The number of fused-ring (bicyclic) bond motifs is 1. The molecule has 0 fully saturated rings. The van der Waals surface area contributed by atoms with Crippen molar-refractivity contribution in [2.75, 3.05) is 18.5 Å². The molecule has 0 unspecified atom stereocenters. The van der Waals surface area contributed by atoms with Crippen LogP contribution < -0.4 is 14.8 Å². The summed E-state index contributed by atoms with van der Waals surface area (Å²) in [5.74, 6) is -0.0793. The van der Waals surface area contributed by atoms with Crippen LogP contribution in [0.15, 0.2) is 48.5 Å². The Morgan fingerprint density at radius 3 is 2.55 bits per heavy atom. The van der Waals surface area contributed by atoms with Gasteiger partial charge in [0, 0.05) is 0 Å². The molecule has 2 heterocycles. The van der Waals surface area contributed by atoms with Crippen molar-refractivity contribution in [1.29, 1.82) is 0 Å². The second-order valence-corrected chi connectivity index (χ2v) is 7.31. The zero-order chi connectivity index (χ0) is 22.0. The van der Waals surface area contributed by atoms with Gasteiger partial charge in [0.25, 0.3) is 5.91 Å². The van der Waals surface area contributed by atoms with Crippen LogP contribution in [-0.2, 0) is 14.3 Å². The molecule has 1 N–H and O–H groups in total. The highest BCUT2D eigenvalue weighted by Crippen LogP contribution is 2.31. The molecule has 0 bridgehead atoms. The second-order valence-electron chi connectivity index (χ2n) is 7.31. The van der Waals surface area contributed by atoms with Gasteiger partial charge in [0.15, 0.2) is 18.1 Å². The number of para-hydroxylation sites is 2. The van der Waals surface area contributed by atoms with Gasteiger partial charge in [-0.25, -0.2) is 9.48 Å². The Labute approximate surface area is 179 Å². The smallest absolute Gasteiger partial charge is 0.351 e. The highest BCUT2D eigenvalue weighted by atomic mass is 16.6. The number of hydrogen-bond donors (Lipinski definition) is 1. The van der Waals surface area contributed by atoms with Crippen LogP contribution in [0.4, 0.5) is 5.69 Å². The van der Waals surface area contributed by atoms with Crippen LogP contribution in [0.25, 0.3) is 5.69 Å². The van der Waals surface area contributed by atoms with E-state index in [0.29, 0.717) is 22.9 Å². The average Bonchev–Trinajstić information content (AvgIpc) is 3.06. The highest BCUT2D eigenvalue weighted by molar-refractivity contribution is 5.94. The Morgan fingerprint density at radius 1 is 1.10 bits per heavy atom. The number of rotatable bonds is 5. The third-order valence-corrected chi connectivity index (χ3v) is 4.95. The number of nitrogens with one attached hydrogen (secondary N) is 1. The van der Waals surface area contributed by atoms with Crippen LogP contribution in [0.1, 0.15) is 17.0 Å². The summed E-state index contributed by atoms with van der Waals surface area (Å²) in [6, 6.07) is 15.0. The monoisotopic (exact) mass is 421 g/mol. The largest absolute Gasteiger partial charge is 0.485 e. The van der Waals surface area contributed by atoms with Crippen LogP contribution in [0.5, 0.6) is 11.5 Å². The normalized spacial score (nSPS) is 14.7. The molecule has 8 nitrogen and oxygen atoms in total. The first-order chi connectivity index (χ1) is 14.9. The third kappa shape index (κ3) is 4.37. The van der Waals surface area contributed by atoms with E-state index < -0.39 is 24.6 Å². The molecule has 4 rings (SSSR count). The van der Waals surface area contributed by atoms with Gasteiger partial charge in [0.05, 0.1) is 22.8 Å². The average molecular weight is 421 g/mol. The number of amides is 1. The van der Waals surface area contributed by atoms with Crippen LogP contribution in [0.2, 0.25) is 0 Å². The van der Waals surface area contributed by atoms with E-state index in [1.54, 1.807) is 22.9 Å². The number of carbonyl (C=O) groups is 2. The number of esters is 1. The van der Waals surface area contributed by atoms with Crippen molar-refractivity contribution in [1.82, 2.24) is 9.78 Å². The van der Waals surface area contributed by atoms with Gasteiger partial charge in [-0.15, -0.1) is 0 Å². The fourth-order valence-corrected chi connectivity index (χ4v) is 3.30. The Hall–Kier alpha value is -3.81. The Balaban J connectivity index is 1.36. The van der Waals surface area contributed by atoms with Crippen molar-refractivity contribution >= 4 is 17.6 Å². The highest BCUT2D eigenvalue weighted by Gasteiger charge is 2.29. The van der Waals surface area contributed by atoms with Gasteiger partial charge in [-0.3, -0.25) is 4.79 Å². The SMILES string of the molecule is Cc1ccc(-n2nc(C)c(NC(=O)COC(=O)[C@@H]3COc4ccccc4O3)c2C)cc1. The zero-order valence-electron chi connectivity index (χ0n) is 17.5. The molecule has 1 aromatic heterocycles. The summed E-state index contributed by atoms with van der Waals surface area (Å²) >= 11 is 0. The van der Waals surface area contributed by atoms with Gasteiger partial charge in [-0.2, -0.15) is 5.10 Å². The van der Waals surface area contributed by atoms with Crippen LogP contribution >= 0.6 is 0 Å². The van der Waals surface area contributed by atoms with Crippen molar-refractivity contribution < 1.29 is 23.8 Å². The van der Waals surface area contributed by atoms with Gasteiger partial charge in [-0.05, 0) is 45.0 Å². The number of anilines is 1. The lowest BCUT2D eigenvalue weighted by atomic mass is 10.2. The van der Waals surface area contributed by atoms with E-state index >= 15 is 0 Å². The van der Waals surface area contributed by atoms with Gasteiger partial charge in [0.1, 0.15) is 6.61 Å². The molecule has 0 radical (unpaired) electrons. The predicted octanol–water partition coefficient (Wildman–Crippen LogP) is 3.12. The van der Waals surface area contributed by atoms with E-state index in [4.69, 9.17) is 14.2 Å². The molecule has 1 amide bonds. The lowest BCUT2D eigenvalue weighted by molar-refractivity contribution is -0.156. The first-order valence-electron chi connectivity index (χ1n) is 9.90. The Morgan fingerprint density at radius 2 is 1.81 bits per heavy atom. The third-order valence-electron chi connectivity index (χ3n) is 4.95. The molecule has 0 spiro atoms. The lowest BCUT2D eigenvalue weighted by Crippen LogP contribution is -2.39. The molecule has 0 aliphatic carbocycles. The number of ether oxygens (including phenoxy) is 3. The van der Waals surface area contributed by atoms with E-state index in [1.807, 2.05) is 51.1 Å². The van der Waals surface area contributed by atoms with Crippen LogP contribution in [0, 0.1) is 20.8 Å². The summed E-state index contributed by atoms with van der Waals surface area (Å²) in [4.78, 5) is 24.7. The first kappa shape index (κ1) is 20.5. The number of aromatic nitrogens is 2. The molecule has 0 saturated heterocycles. The number of hydrogen-bond acceptors (Lipinski definition) is 6. The molecule has 8 heteroatoms. The van der Waals surface area contributed by atoms with E-state index in [9.17, 15) is 9.59 Å². The summed E-state index contributed by atoms with van der Waals surface area (Å²) in [5, 5.41) is 7.29. The molecule has 31 heavy (non-hydrogen) atoms. The van der Waals surface area contributed by atoms with E-state index in [1.165, 1.54) is 0 Å². The van der Waals surface area contributed by atoms with Gasteiger partial charge < -0.3 is 19.5 Å². The fourth-order valence-electron chi connectivity index (χ4n) is 3.30. The first-order valence-corrected chi connectivity index (χ1v) is 9.90. The van der Waals surface area contributed by atoms with Crippen molar-refractivity contribution in [3.8, 4) is 17.2 Å². The molecular weight excluding hydrogens is 398 g/mol. The maximum Gasteiger partial charge on any atom is 0.351 e. The summed E-state index contributed by atoms with van der Waals surface area (Å²) in [5.41, 5.74) is 4.08. The fraction of sp³-hybridized carbons (Fsp3) is 0.261. The number of aryl methyl sites for hydroxylation is 2. The summed E-state index contributed by atoms with van der Waals surface area (Å²) in [6.45, 7) is 5.28. The van der Waals surface area contributed by atoms with E-state index in [0.717, 1.165) is 16.9 Å².